The van der Waals surface area contributed by atoms with Gasteiger partial charge in [0.15, 0.2) is 0 Å². The molecule has 0 saturated heterocycles. The molecule has 0 aliphatic carbocycles. The Morgan fingerprint density at radius 3 is 1.38 bits per heavy atom. The van der Waals surface area contributed by atoms with E-state index in [0.29, 0.717) is 0 Å². The van der Waals surface area contributed by atoms with E-state index >= 15 is 0 Å². The summed E-state index contributed by atoms with van der Waals surface area (Å²) in [5, 5.41) is 4.80. The van der Waals surface area contributed by atoms with Crippen LogP contribution in [0.15, 0.2) is 211 Å². The van der Waals surface area contributed by atoms with Crippen molar-refractivity contribution in [3.8, 4) is 44.5 Å². The molecule has 1 heterocycles. The molecule has 1 aromatic heterocycles. The van der Waals surface area contributed by atoms with Crippen LogP contribution in [0.2, 0.25) is 0 Å². The summed E-state index contributed by atoms with van der Waals surface area (Å²) in [5.41, 5.74) is 14.5. The SMILES string of the molecule is Ic1ccc(-c2ccc(N(c3ccc(-c4ccc(-c5cccc6ccccc56)cc4)cc3)c3ccc(-c4cccc5c4oc4ccccc45)cc3)cc2)cc1. The molecule has 0 atom stereocenters. The van der Waals surface area contributed by atoms with E-state index in [1.807, 2.05) is 12.1 Å². The minimum absolute atomic E-state index is 0.908. The van der Waals surface area contributed by atoms with Crippen molar-refractivity contribution in [2.24, 2.45) is 0 Å². The zero-order valence-electron chi connectivity index (χ0n) is 29.9. The molecule has 9 aromatic carbocycles. The minimum Gasteiger partial charge on any atom is -0.455 e. The lowest BCUT2D eigenvalue weighted by Gasteiger charge is -2.26. The predicted octanol–water partition coefficient (Wildman–Crippen LogP) is 15.5. The molecule has 0 N–H and O–H groups in total. The Balaban J connectivity index is 0.998. The molecular formula is C52H34INO. The second-order valence-electron chi connectivity index (χ2n) is 13.9. The first kappa shape index (κ1) is 33.2. The van der Waals surface area contributed by atoms with Crippen LogP contribution >= 0.6 is 22.6 Å². The second-order valence-corrected chi connectivity index (χ2v) is 15.1. The summed E-state index contributed by atoms with van der Waals surface area (Å²) >= 11 is 2.36. The van der Waals surface area contributed by atoms with Gasteiger partial charge in [0, 0.05) is 37.0 Å². The molecule has 3 heteroatoms. The van der Waals surface area contributed by atoms with Gasteiger partial charge >= 0.3 is 0 Å². The topological polar surface area (TPSA) is 16.4 Å². The molecule has 0 radical (unpaired) electrons. The molecule has 0 unspecified atom stereocenters. The predicted molar refractivity (Wildman–Crippen MR) is 240 cm³/mol. The van der Waals surface area contributed by atoms with E-state index < -0.39 is 0 Å². The number of fused-ring (bicyclic) bond motifs is 4. The van der Waals surface area contributed by atoms with Gasteiger partial charge in [-0.1, -0.05) is 152 Å². The van der Waals surface area contributed by atoms with Crippen molar-refractivity contribution in [3.63, 3.8) is 0 Å². The third kappa shape index (κ3) is 6.26. The first-order chi connectivity index (χ1) is 27.2. The van der Waals surface area contributed by atoms with Gasteiger partial charge < -0.3 is 9.32 Å². The van der Waals surface area contributed by atoms with Crippen LogP contribution in [-0.4, -0.2) is 0 Å². The number of hydrogen-bond acceptors (Lipinski definition) is 2. The van der Waals surface area contributed by atoms with Gasteiger partial charge in [-0.25, -0.2) is 0 Å². The maximum Gasteiger partial charge on any atom is 0.143 e. The van der Waals surface area contributed by atoms with Crippen molar-refractivity contribution in [3.05, 3.63) is 210 Å². The van der Waals surface area contributed by atoms with Gasteiger partial charge in [0.2, 0.25) is 0 Å². The highest BCUT2D eigenvalue weighted by atomic mass is 127. The maximum absolute atomic E-state index is 6.39. The fourth-order valence-corrected chi connectivity index (χ4v) is 8.14. The molecule has 0 fully saturated rings. The maximum atomic E-state index is 6.39. The van der Waals surface area contributed by atoms with Crippen LogP contribution < -0.4 is 4.90 Å². The molecule has 2 nitrogen and oxygen atoms in total. The Hall–Kier alpha value is -6.43. The summed E-state index contributed by atoms with van der Waals surface area (Å²) in [6.07, 6.45) is 0. The number of halogens is 1. The van der Waals surface area contributed by atoms with Gasteiger partial charge in [-0.2, -0.15) is 0 Å². The van der Waals surface area contributed by atoms with E-state index in [1.165, 1.54) is 47.7 Å². The number of nitrogens with zero attached hydrogens (tertiary/aromatic N) is 1. The first-order valence-corrected chi connectivity index (χ1v) is 19.6. The number of furan rings is 1. The molecule has 0 saturated carbocycles. The van der Waals surface area contributed by atoms with Crippen LogP contribution in [0.4, 0.5) is 17.1 Å². The Morgan fingerprint density at radius 2 is 0.745 bits per heavy atom. The minimum atomic E-state index is 0.908. The number of rotatable bonds is 7. The highest BCUT2D eigenvalue weighted by Gasteiger charge is 2.16. The lowest BCUT2D eigenvalue weighted by Crippen LogP contribution is -2.09. The molecule has 55 heavy (non-hydrogen) atoms. The van der Waals surface area contributed by atoms with Crippen molar-refractivity contribution in [1.82, 2.24) is 0 Å². The van der Waals surface area contributed by atoms with Crippen LogP contribution in [0, 0.1) is 3.57 Å². The molecule has 0 aliphatic rings. The highest BCUT2D eigenvalue weighted by molar-refractivity contribution is 14.1. The van der Waals surface area contributed by atoms with Crippen molar-refractivity contribution in [2.75, 3.05) is 4.90 Å². The normalized spacial score (nSPS) is 11.4. The van der Waals surface area contributed by atoms with Crippen molar-refractivity contribution in [2.45, 2.75) is 0 Å². The number of anilines is 3. The van der Waals surface area contributed by atoms with Crippen molar-refractivity contribution in [1.29, 1.82) is 0 Å². The summed E-state index contributed by atoms with van der Waals surface area (Å²) in [5.74, 6) is 0. The smallest absolute Gasteiger partial charge is 0.143 e. The van der Waals surface area contributed by atoms with Gasteiger partial charge in [-0.3, -0.25) is 0 Å². The van der Waals surface area contributed by atoms with Gasteiger partial charge in [0.25, 0.3) is 0 Å². The third-order valence-electron chi connectivity index (χ3n) is 10.6. The first-order valence-electron chi connectivity index (χ1n) is 18.5. The van der Waals surface area contributed by atoms with Gasteiger partial charge in [-0.15, -0.1) is 0 Å². The van der Waals surface area contributed by atoms with Crippen molar-refractivity contribution < 1.29 is 4.42 Å². The standard InChI is InChI=1S/C52H34INO/c53-42-27-19-36(20-28-42)38-23-31-44(32-24-38)54(45-33-25-41(26-34-45)48-12-6-13-50-49-10-3-4-14-51(49)55-52(48)50)43-29-21-37(22-30-43)35-15-17-40(18-16-35)47-11-5-8-39-7-1-2-9-46(39)47/h1-34H. The Labute approximate surface area is 334 Å². The van der Waals surface area contributed by atoms with Crippen LogP contribution in [-0.2, 0) is 0 Å². The molecular weight excluding hydrogens is 781 g/mol. The fourth-order valence-electron chi connectivity index (χ4n) is 7.78. The van der Waals surface area contributed by atoms with Crippen molar-refractivity contribution >= 4 is 72.4 Å². The molecule has 0 amide bonds. The highest BCUT2D eigenvalue weighted by Crippen LogP contribution is 2.40. The monoisotopic (exact) mass is 815 g/mol. The average Bonchev–Trinajstić information content (AvgIpc) is 3.64. The van der Waals surface area contributed by atoms with Crippen LogP contribution in [0.25, 0.3) is 77.2 Å². The van der Waals surface area contributed by atoms with Gasteiger partial charge in [-0.05, 0) is 127 Å². The lowest BCUT2D eigenvalue weighted by atomic mass is 9.96. The van der Waals surface area contributed by atoms with E-state index in [1.54, 1.807) is 0 Å². The summed E-state index contributed by atoms with van der Waals surface area (Å²) < 4.78 is 7.62. The van der Waals surface area contributed by atoms with E-state index in [9.17, 15) is 0 Å². The molecule has 10 aromatic rings. The Morgan fingerprint density at radius 1 is 0.327 bits per heavy atom. The second kappa shape index (κ2) is 14.1. The average molecular weight is 816 g/mol. The quantitative estimate of drug-likeness (QED) is 0.149. The summed E-state index contributed by atoms with van der Waals surface area (Å²) in [4.78, 5) is 2.33. The van der Waals surface area contributed by atoms with E-state index in [-0.39, 0.29) is 0 Å². The van der Waals surface area contributed by atoms with Crippen LogP contribution in [0.5, 0.6) is 0 Å². The third-order valence-corrected chi connectivity index (χ3v) is 11.3. The molecule has 260 valence electrons. The largest absolute Gasteiger partial charge is 0.455 e. The number of para-hydroxylation sites is 2. The zero-order chi connectivity index (χ0) is 36.7. The molecule has 0 aliphatic heterocycles. The molecule has 0 spiro atoms. The summed E-state index contributed by atoms with van der Waals surface area (Å²) in [6.45, 7) is 0. The summed E-state index contributed by atoms with van der Waals surface area (Å²) in [7, 11) is 0. The Kier molecular flexibility index (Phi) is 8.50. The number of benzene rings is 9. The van der Waals surface area contributed by atoms with Crippen LogP contribution in [0.1, 0.15) is 0 Å². The van der Waals surface area contributed by atoms with Gasteiger partial charge in [0.1, 0.15) is 11.2 Å². The van der Waals surface area contributed by atoms with Crippen LogP contribution in [0.3, 0.4) is 0 Å². The van der Waals surface area contributed by atoms with E-state index in [0.717, 1.165) is 50.1 Å². The molecule has 0 bridgehead atoms. The fraction of sp³-hybridized carbons (Fsp3) is 0. The lowest BCUT2D eigenvalue weighted by molar-refractivity contribution is 0.670. The van der Waals surface area contributed by atoms with Gasteiger partial charge in [0.05, 0.1) is 0 Å². The Bertz CT molecular complexity index is 2940. The number of hydrogen-bond donors (Lipinski definition) is 0. The molecule has 10 rings (SSSR count). The van der Waals surface area contributed by atoms with E-state index in [2.05, 4.69) is 222 Å². The van der Waals surface area contributed by atoms with E-state index in [4.69, 9.17) is 4.42 Å². The zero-order valence-corrected chi connectivity index (χ0v) is 32.0. The summed E-state index contributed by atoms with van der Waals surface area (Å²) in [6, 6.07) is 74.0.